The number of rotatable bonds is 5. The second kappa shape index (κ2) is 8.18. The molecule has 7 heteroatoms. The topological polar surface area (TPSA) is 74.2 Å². The normalized spacial score (nSPS) is 14.7. The first-order valence-electron chi connectivity index (χ1n) is 8.17. The van der Waals surface area contributed by atoms with Crippen LogP contribution < -0.4 is 9.47 Å². The van der Waals surface area contributed by atoms with Crippen molar-refractivity contribution in [2.24, 2.45) is 4.99 Å². The zero-order chi connectivity index (χ0) is 19.4. The summed E-state index contributed by atoms with van der Waals surface area (Å²) in [6.07, 6.45) is 1.84. The number of halogens is 1. The molecule has 27 heavy (non-hydrogen) atoms. The number of nitrogens with zero attached hydrogens (tertiary/aromatic N) is 1. The van der Waals surface area contributed by atoms with Crippen LogP contribution in [-0.2, 0) is 14.3 Å². The van der Waals surface area contributed by atoms with E-state index < -0.39 is 5.97 Å². The molecule has 0 saturated carbocycles. The maximum Gasteiger partial charge on any atom is 0.363 e. The average molecular weight is 430 g/mol. The molecule has 1 aliphatic rings. The number of ether oxygens (including phenoxy) is 3. The smallest absolute Gasteiger partial charge is 0.363 e. The standard InChI is InChI=1S/C20H16BrNO5/c1-3-18(23)26-16-9-4-12(11-17(16)25-2)10-15-20(24)27-19(22-15)13-5-7-14(21)8-6-13/h4-11H,3H2,1-2H3/b15-10-. The molecule has 0 saturated heterocycles. The summed E-state index contributed by atoms with van der Waals surface area (Å²) in [6.45, 7) is 1.71. The highest BCUT2D eigenvalue weighted by molar-refractivity contribution is 9.10. The maximum atomic E-state index is 12.1. The number of hydrogen-bond donors (Lipinski definition) is 0. The van der Waals surface area contributed by atoms with Crippen molar-refractivity contribution in [2.45, 2.75) is 13.3 Å². The highest BCUT2D eigenvalue weighted by atomic mass is 79.9. The lowest BCUT2D eigenvalue weighted by Crippen LogP contribution is -2.06. The first-order chi connectivity index (χ1) is 13.0. The number of cyclic esters (lactones) is 1. The molecular formula is C20H16BrNO5. The molecule has 1 aliphatic heterocycles. The van der Waals surface area contributed by atoms with E-state index in [0.29, 0.717) is 22.6 Å². The Labute approximate surface area is 164 Å². The molecule has 1 heterocycles. The SMILES string of the molecule is CCC(=O)Oc1ccc(/C=C2\N=C(c3ccc(Br)cc3)OC2=O)cc1OC. The third kappa shape index (κ3) is 4.43. The summed E-state index contributed by atoms with van der Waals surface area (Å²) in [5, 5.41) is 0. The van der Waals surface area contributed by atoms with Crippen LogP contribution in [0.3, 0.4) is 0 Å². The number of aliphatic imine (C=N–C) groups is 1. The van der Waals surface area contributed by atoms with Gasteiger partial charge >= 0.3 is 11.9 Å². The monoisotopic (exact) mass is 429 g/mol. The summed E-state index contributed by atoms with van der Waals surface area (Å²) in [6, 6.07) is 12.3. The molecule has 2 aromatic rings. The Morgan fingerprint density at radius 1 is 1.19 bits per heavy atom. The Morgan fingerprint density at radius 3 is 2.59 bits per heavy atom. The van der Waals surface area contributed by atoms with E-state index in [4.69, 9.17) is 14.2 Å². The molecule has 2 aromatic carbocycles. The molecule has 0 atom stereocenters. The minimum Gasteiger partial charge on any atom is -0.493 e. The fourth-order valence-electron chi connectivity index (χ4n) is 2.34. The summed E-state index contributed by atoms with van der Waals surface area (Å²) < 4.78 is 16.6. The van der Waals surface area contributed by atoms with E-state index in [1.165, 1.54) is 7.11 Å². The van der Waals surface area contributed by atoms with Gasteiger partial charge in [0.1, 0.15) is 0 Å². The van der Waals surface area contributed by atoms with Gasteiger partial charge in [0.15, 0.2) is 17.2 Å². The van der Waals surface area contributed by atoms with Gasteiger partial charge in [-0.2, -0.15) is 0 Å². The fraction of sp³-hybridized carbons (Fsp3) is 0.150. The third-order valence-corrected chi connectivity index (χ3v) is 4.24. The van der Waals surface area contributed by atoms with E-state index in [0.717, 1.165) is 4.47 Å². The van der Waals surface area contributed by atoms with Crippen LogP contribution in [0.25, 0.3) is 6.08 Å². The number of hydrogen-bond acceptors (Lipinski definition) is 6. The lowest BCUT2D eigenvalue weighted by molar-refractivity contribution is -0.134. The Hall–Kier alpha value is -2.93. The van der Waals surface area contributed by atoms with Gasteiger partial charge in [-0.15, -0.1) is 0 Å². The number of carbonyl (C=O) groups is 2. The van der Waals surface area contributed by atoms with Crippen molar-refractivity contribution in [1.82, 2.24) is 0 Å². The predicted octanol–water partition coefficient (Wildman–Crippen LogP) is 4.12. The number of methoxy groups -OCH3 is 1. The maximum absolute atomic E-state index is 12.1. The molecule has 3 rings (SSSR count). The minimum absolute atomic E-state index is 0.174. The van der Waals surface area contributed by atoms with Crippen LogP contribution in [0.5, 0.6) is 11.5 Å². The van der Waals surface area contributed by atoms with E-state index in [9.17, 15) is 9.59 Å². The quantitative estimate of drug-likeness (QED) is 0.406. The van der Waals surface area contributed by atoms with Crippen molar-refractivity contribution in [2.75, 3.05) is 7.11 Å². The van der Waals surface area contributed by atoms with E-state index >= 15 is 0 Å². The van der Waals surface area contributed by atoms with Crippen LogP contribution in [0.1, 0.15) is 24.5 Å². The van der Waals surface area contributed by atoms with Crippen LogP contribution >= 0.6 is 15.9 Å². The number of benzene rings is 2. The first kappa shape index (κ1) is 18.8. The number of carbonyl (C=O) groups excluding carboxylic acids is 2. The lowest BCUT2D eigenvalue weighted by atomic mass is 10.1. The van der Waals surface area contributed by atoms with Crippen LogP contribution in [0.4, 0.5) is 0 Å². The summed E-state index contributed by atoms with van der Waals surface area (Å²) in [5.41, 5.74) is 1.54. The highest BCUT2D eigenvalue weighted by Gasteiger charge is 2.24. The summed E-state index contributed by atoms with van der Waals surface area (Å²) in [7, 11) is 1.48. The number of esters is 2. The molecule has 0 N–H and O–H groups in total. The molecule has 0 unspecified atom stereocenters. The summed E-state index contributed by atoms with van der Waals surface area (Å²) in [5.74, 6) is 0.0595. The Morgan fingerprint density at radius 2 is 1.93 bits per heavy atom. The summed E-state index contributed by atoms with van der Waals surface area (Å²) in [4.78, 5) is 27.9. The van der Waals surface area contributed by atoms with Crippen LogP contribution in [0, 0.1) is 0 Å². The molecule has 0 fully saturated rings. The van der Waals surface area contributed by atoms with Gasteiger partial charge in [0.05, 0.1) is 7.11 Å². The van der Waals surface area contributed by atoms with Crippen molar-refractivity contribution < 1.29 is 23.8 Å². The van der Waals surface area contributed by atoms with Gasteiger partial charge in [-0.25, -0.2) is 9.79 Å². The molecule has 0 aliphatic carbocycles. The molecule has 0 amide bonds. The molecule has 138 valence electrons. The molecular weight excluding hydrogens is 414 g/mol. The van der Waals surface area contributed by atoms with Gasteiger partial charge in [-0.05, 0) is 48.0 Å². The van der Waals surface area contributed by atoms with Crippen LogP contribution in [0.2, 0.25) is 0 Å². The van der Waals surface area contributed by atoms with Gasteiger partial charge in [-0.3, -0.25) is 4.79 Å². The summed E-state index contributed by atoms with van der Waals surface area (Å²) >= 11 is 3.36. The first-order valence-corrected chi connectivity index (χ1v) is 8.96. The van der Waals surface area contributed by atoms with Crippen molar-refractivity contribution in [1.29, 1.82) is 0 Å². The zero-order valence-corrected chi connectivity index (χ0v) is 16.3. The van der Waals surface area contributed by atoms with Crippen molar-refractivity contribution in [3.63, 3.8) is 0 Å². The van der Waals surface area contributed by atoms with Crippen molar-refractivity contribution in [3.05, 3.63) is 63.8 Å². The van der Waals surface area contributed by atoms with Crippen molar-refractivity contribution >= 4 is 39.8 Å². The molecule has 0 spiro atoms. The van der Waals surface area contributed by atoms with E-state index in [1.807, 2.05) is 12.1 Å². The van der Waals surface area contributed by atoms with Crippen molar-refractivity contribution in [3.8, 4) is 11.5 Å². The second-order valence-electron chi connectivity index (χ2n) is 5.58. The van der Waals surface area contributed by atoms with Gasteiger partial charge in [0, 0.05) is 16.5 Å². The zero-order valence-electron chi connectivity index (χ0n) is 14.7. The minimum atomic E-state index is -0.534. The molecule has 0 bridgehead atoms. The van der Waals surface area contributed by atoms with Gasteiger partial charge in [0.2, 0.25) is 5.90 Å². The average Bonchev–Trinajstić information content (AvgIpc) is 3.03. The third-order valence-electron chi connectivity index (χ3n) is 3.72. The molecule has 6 nitrogen and oxygen atoms in total. The van der Waals surface area contributed by atoms with E-state index in [-0.39, 0.29) is 24.0 Å². The molecule has 0 radical (unpaired) electrons. The highest BCUT2D eigenvalue weighted by Crippen LogP contribution is 2.30. The van der Waals surface area contributed by atoms with E-state index in [2.05, 4.69) is 20.9 Å². The Bertz CT molecular complexity index is 947. The Balaban J connectivity index is 1.88. The van der Waals surface area contributed by atoms with Crippen LogP contribution in [0.15, 0.2) is 57.6 Å². The van der Waals surface area contributed by atoms with Gasteiger partial charge < -0.3 is 14.2 Å². The lowest BCUT2D eigenvalue weighted by Gasteiger charge is -2.09. The Kier molecular flexibility index (Phi) is 5.71. The van der Waals surface area contributed by atoms with E-state index in [1.54, 1.807) is 43.3 Å². The van der Waals surface area contributed by atoms with Gasteiger partial charge in [-0.1, -0.05) is 28.9 Å². The largest absolute Gasteiger partial charge is 0.493 e. The molecule has 0 aromatic heterocycles. The van der Waals surface area contributed by atoms with Crippen LogP contribution in [-0.4, -0.2) is 24.9 Å². The van der Waals surface area contributed by atoms with Gasteiger partial charge in [0.25, 0.3) is 0 Å². The second-order valence-corrected chi connectivity index (χ2v) is 6.50. The fourth-order valence-corrected chi connectivity index (χ4v) is 2.60. The predicted molar refractivity (Wildman–Crippen MR) is 104 cm³/mol.